The molecule has 0 spiro atoms. The normalized spacial score (nSPS) is 9.96. The molecule has 0 aliphatic rings. The van der Waals surface area contributed by atoms with Crippen LogP contribution < -0.4 is 15.6 Å². The molecule has 0 bridgehead atoms. The largest absolute Gasteiger partial charge is 0.482 e. The van der Waals surface area contributed by atoms with Crippen molar-refractivity contribution >= 4 is 35.2 Å². The lowest BCUT2D eigenvalue weighted by molar-refractivity contribution is -0.128. The number of benzene rings is 2. The maximum Gasteiger partial charge on any atom is 0.276 e. The van der Waals surface area contributed by atoms with Gasteiger partial charge in [0, 0.05) is 4.90 Å². The summed E-state index contributed by atoms with van der Waals surface area (Å²) in [5, 5.41) is 0.420. The number of hydrogen-bond donors (Lipinski definition) is 2. The molecule has 0 saturated heterocycles. The first kappa shape index (κ1) is 17.2. The summed E-state index contributed by atoms with van der Waals surface area (Å²) < 4.78 is 5.26. The van der Waals surface area contributed by atoms with Gasteiger partial charge in [0.1, 0.15) is 5.75 Å². The number of ether oxygens (including phenoxy) is 1. The van der Waals surface area contributed by atoms with E-state index in [-0.39, 0.29) is 18.3 Å². The van der Waals surface area contributed by atoms with Gasteiger partial charge in [-0.25, -0.2) is 0 Å². The van der Waals surface area contributed by atoms with Crippen LogP contribution in [0.5, 0.6) is 5.75 Å². The SMILES string of the molecule is O=C(COc1ccccc1Cl)NNC(=O)CSc1ccccc1. The van der Waals surface area contributed by atoms with Crippen LogP contribution in [0, 0.1) is 0 Å². The fourth-order valence-corrected chi connectivity index (χ4v) is 2.49. The number of carbonyl (C=O) groups is 2. The van der Waals surface area contributed by atoms with Crippen molar-refractivity contribution in [3.05, 3.63) is 59.6 Å². The van der Waals surface area contributed by atoms with Gasteiger partial charge in [0.2, 0.25) is 5.91 Å². The minimum absolute atomic E-state index is 0.204. The molecule has 0 unspecified atom stereocenters. The zero-order valence-electron chi connectivity index (χ0n) is 12.1. The molecule has 5 nitrogen and oxygen atoms in total. The molecule has 120 valence electrons. The van der Waals surface area contributed by atoms with Crippen molar-refractivity contribution in [1.29, 1.82) is 0 Å². The Bertz CT molecular complexity index is 667. The molecule has 2 rings (SSSR count). The topological polar surface area (TPSA) is 67.4 Å². The number of rotatable bonds is 6. The highest BCUT2D eigenvalue weighted by Crippen LogP contribution is 2.22. The van der Waals surface area contributed by atoms with E-state index in [0.717, 1.165) is 4.90 Å². The summed E-state index contributed by atoms with van der Waals surface area (Å²) in [6, 6.07) is 16.4. The van der Waals surface area contributed by atoms with Crippen molar-refractivity contribution in [2.75, 3.05) is 12.4 Å². The molecule has 0 atom stereocenters. The molecule has 2 aromatic carbocycles. The molecule has 2 aromatic rings. The van der Waals surface area contributed by atoms with Crippen molar-refractivity contribution in [2.24, 2.45) is 0 Å². The predicted molar refractivity (Wildman–Crippen MR) is 90.4 cm³/mol. The highest BCUT2D eigenvalue weighted by Gasteiger charge is 2.07. The molecule has 2 N–H and O–H groups in total. The Hall–Kier alpha value is -2.18. The van der Waals surface area contributed by atoms with Crippen molar-refractivity contribution in [2.45, 2.75) is 4.90 Å². The van der Waals surface area contributed by atoms with Gasteiger partial charge in [-0.3, -0.25) is 20.4 Å². The summed E-state index contributed by atoms with van der Waals surface area (Å²) >= 11 is 7.29. The Labute approximate surface area is 143 Å². The molecule has 0 aliphatic heterocycles. The second-order valence-corrected chi connectivity index (χ2v) is 5.87. The first-order valence-electron chi connectivity index (χ1n) is 6.78. The van der Waals surface area contributed by atoms with E-state index in [9.17, 15) is 9.59 Å². The van der Waals surface area contributed by atoms with Gasteiger partial charge in [-0.2, -0.15) is 0 Å². The highest BCUT2D eigenvalue weighted by molar-refractivity contribution is 8.00. The number of hydrogen-bond acceptors (Lipinski definition) is 4. The highest BCUT2D eigenvalue weighted by atomic mass is 35.5. The van der Waals surface area contributed by atoms with Crippen LogP contribution in [0.3, 0.4) is 0 Å². The van der Waals surface area contributed by atoms with Crippen LogP contribution >= 0.6 is 23.4 Å². The van der Waals surface area contributed by atoms with Crippen molar-refractivity contribution in [3.8, 4) is 5.75 Å². The molecular weight excluding hydrogens is 336 g/mol. The number of hydrazine groups is 1. The Morgan fingerprint density at radius 1 is 0.957 bits per heavy atom. The zero-order valence-corrected chi connectivity index (χ0v) is 13.7. The second-order valence-electron chi connectivity index (χ2n) is 4.42. The van der Waals surface area contributed by atoms with Gasteiger partial charge in [-0.1, -0.05) is 41.9 Å². The maximum absolute atomic E-state index is 11.6. The lowest BCUT2D eigenvalue weighted by Crippen LogP contribution is -2.44. The molecule has 2 amide bonds. The van der Waals surface area contributed by atoms with Gasteiger partial charge >= 0.3 is 0 Å². The first-order chi connectivity index (χ1) is 11.1. The molecule has 0 fully saturated rings. The van der Waals surface area contributed by atoms with E-state index in [4.69, 9.17) is 16.3 Å². The average molecular weight is 351 g/mol. The standard InChI is InChI=1S/C16H15ClN2O3S/c17-13-8-4-5-9-14(13)22-10-15(20)18-19-16(21)11-23-12-6-2-1-3-7-12/h1-9H,10-11H2,(H,18,20)(H,19,21). The van der Waals surface area contributed by atoms with Crippen LogP contribution in [0.4, 0.5) is 0 Å². The Kier molecular flexibility index (Phi) is 6.77. The van der Waals surface area contributed by atoms with Crippen LogP contribution in [0.25, 0.3) is 0 Å². The summed E-state index contributed by atoms with van der Waals surface area (Å²) in [5.41, 5.74) is 4.62. The number of thioether (sulfide) groups is 1. The van der Waals surface area contributed by atoms with Gasteiger partial charge in [-0.15, -0.1) is 11.8 Å². The molecule has 0 aromatic heterocycles. The third-order valence-corrected chi connectivity index (χ3v) is 3.97. The average Bonchev–Trinajstić information content (AvgIpc) is 2.58. The molecule has 0 saturated carbocycles. The van der Waals surface area contributed by atoms with Crippen molar-refractivity contribution < 1.29 is 14.3 Å². The number of halogens is 1. The lowest BCUT2D eigenvalue weighted by atomic mass is 10.3. The van der Waals surface area contributed by atoms with Gasteiger partial charge in [0.25, 0.3) is 5.91 Å². The third kappa shape index (κ3) is 6.22. The van der Waals surface area contributed by atoms with E-state index in [1.807, 2.05) is 30.3 Å². The van der Waals surface area contributed by atoms with Crippen LogP contribution in [0.2, 0.25) is 5.02 Å². The fraction of sp³-hybridized carbons (Fsp3) is 0.125. The minimum Gasteiger partial charge on any atom is -0.482 e. The van der Waals surface area contributed by atoms with Gasteiger partial charge in [-0.05, 0) is 24.3 Å². The van der Waals surface area contributed by atoms with E-state index in [1.165, 1.54) is 11.8 Å². The summed E-state index contributed by atoms with van der Waals surface area (Å²) in [4.78, 5) is 24.2. The van der Waals surface area contributed by atoms with E-state index in [1.54, 1.807) is 24.3 Å². The van der Waals surface area contributed by atoms with Crippen LogP contribution in [0.1, 0.15) is 0 Å². The lowest BCUT2D eigenvalue weighted by Gasteiger charge is -2.09. The number of amides is 2. The fourth-order valence-electron chi connectivity index (χ4n) is 1.58. The summed E-state index contributed by atoms with van der Waals surface area (Å²) in [7, 11) is 0. The molecule has 23 heavy (non-hydrogen) atoms. The van der Waals surface area contributed by atoms with Crippen molar-refractivity contribution in [3.63, 3.8) is 0 Å². The summed E-state index contributed by atoms with van der Waals surface area (Å²) in [6.07, 6.45) is 0. The first-order valence-corrected chi connectivity index (χ1v) is 8.14. The van der Waals surface area contributed by atoms with Crippen LogP contribution in [-0.4, -0.2) is 24.2 Å². The van der Waals surface area contributed by atoms with Crippen LogP contribution in [-0.2, 0) is 9.59 Å². The van der Waals surface area contributed by atoms with Gasteiger partial charge in [0.05, 0.1) is 10.8 Å². The Morgan fingerprint density at radius 2 is 1.61 bits per heavy atom. The van der Waals surface area contributed by atoms with E-state index >= 15 is 0 Å². The third-order valence-electron chi connectivity index (χ3n) is 2.65. The van der Waals surface area contributed by atoms with Gasteiger partial charge in [0.15, 0.2) is 6.61 Å². The molecular formula is C16H15ClN2O3S. The number of para-hydroxylation sites is 1. The molecule has 0 aliphatic carbocycles. The molecule has 0 radical (unpaired) electrons. The zero-order chi connectivity index (χ0) is 16.5. The quantitative estimate of drug-likeness (QED) is 0.621. The predicted octanol–water partition coefficient (Wildman–Crippen LogP) is 2.66. The maximum atomic E-state index is 11.6. The molecule has 7 heteroatoms. The number of carbonyl (C=O) groups excluding carboxylic acids is 2. The summed E-state index contributed by atoms with van der Waals surface area (Å²) in [5.74, 6) is -0.154. The number of nitrogens with one attached hydrogen (secondary N) is 2. The Morgan fingerprint density at radius 3 is 2.35 bits per heavy atom. The monoisotopic (exact) mass is 350 g/mol. The second kappa shape index (κ2) is 9.07. The van der Waals surface area contributed by atoms with E-state index in [2.05, 4.69) is 10.9 Å². The van der Waals surface area contributed by atoms with Crippen molar-refractivity contribution in [1.82, 2.24) is 10.9 Å². The van der Waals surface area contributed by atoms with E-state index < -0.39 is 5.91 Å². The Balaban J connectivity index is 1.66. The smallest absolute Gasteiger partial charge is 0.276 e. The summed E-state index contributed by atoms with van der Waals surface area (Å²) in [6.45, 7) is -0.240. The van der Waals surface area contributed by atoms with Crippen LogP contribution in [0.15, 0.2) is 59.5 Å². The van der Waals surface area contributed by atoms with E-state index in [0.29, 0.717) is 10.8 Å². The molecule has 0 heterocycles. The van der Waals surface area contributed by atoms with Gasteiger partial charge < -0.3 is 4.74 Å². The minimum atomic E-state index is -0.469.